The number of hydrogen-bond acceptors (Lipinski definition) is 2. The molecule has 0 amide bonds. The van der Waals surface area contributed by atoms with Gasteiger partial charge in [-0.05, 0) is 19.9 Å². The highest BCUT2D eigenvalue weighted by atomic mass is 16.5. The highest BCUT2D eigenvalue weighted by Crippen LogP contribution is 2.27. The summed E-state index contributed by atoms with van der Waals surface area (Å²) in [6.45, 7) is 0.865. The standard InChI is InChI=1S/C9H19NO/c1-10-9(8-11-2)6-4-3-5-7-9/h10H,3-8H2,1-2H3. The second kappa shape index (κ2) is 4.07. The zero-order chi connectivity index (χ0) is 8.16. The summed E-state index contributed by atoms with van der Waals surface area (Å²) in [6, 6.07) is 0. The van der Waals surface area contributed by atoms with Gasteiger partial charge in [0.1, 0.15) is 0 Å². The van der Waals surface area contributed by atoms with Crippen LogP contribution in [0.5, 0.6) is 0 Å². The maximum absolute atomic E-state index is 5.21. The molecule has 0 aromatic rings. The second-order valence-electron chi connectivity index (χ2n) is 3.52. The molecule has 66 valence electrons. The van der Waals surface area contributed by atoms with E-state index in [-0.39, 0.29) is 0 Å². The van der Waals surface area contributed by atoms with Gasteiger partial charge in [0.2, 0.25) is 0 Å². The van der Waals surface area contributed by atoms with E-state index in [0.29, 0.717) is 5.54 Å². The van der Waals surface area contributed by atoms with Crippen LogP contribution in [0.25, 0.3) is 0 Å². The molecule has 2 heteroatoms. The van der Waals surface area contributed by atoms with Gasteiger partial charge in [-0.1, -0.05) is 19.3 Å². The molecule has 2 nitrogen and oxygen atoms in total. The van der Waals surface area contributed by atoms with E-state index in [1.165, 1.54) is 32.1 Å². The summed E-state index contributed by atoms with van der Waals surface area (Å²) in [7, 11) is 3.83. The average molecular weight is 157 g/mol. The molecule has 0 unspecified atom stereocenters. The van der Waals surface area contributed by atoms with Crippen LogP contribution in [-0.4, -0.2) is 26.3 Å². The van der Waals surface area contributed by atoms with E-state index in [1.807, 2.05) is 7.05 Å². The number of nitrogens with one attached hydrogen (secondary N) is 1. The zero-order valence-electron chi connectivity index (χ0n) is 7.65. The third kappa shape index (κ3) is 2.17. The van der Waals surface area contributed by atoms with Crippen LogP contribution in [0.4, 0.5) is 0 Å². The maximum Gasteiger partial charge on any atom is 0.0644 e. The number of rotatable bonds is 3. The zero-order valence-corrected chi connectivity index (χ0v) is 7.65. The third-order valence-corrected chi connectivity index (χ3v) is 2.76. The van der Waals surface area contributed by atoms with Gasteiger partial charge in [-0.3, -0.25) is 0 Å². The number of likely N-dealkylation sites (N-methyl/N-ethyl adjacent to an activating group) is 1. The largest absolute Gasteiger partial charge is 0.383 e. The number of methoxy groups -OCH3 is 1. The fraction of sp³-hybridized carbons (Fsp3) is 1.00. The monoisotopic (exact) mass is 157 g/mol. The molecule has 0 aromatic carbocycles. The first-order valence-corrected chi connectivity index (χ1v) is 4.51. The van der Waals surface area contributed by atoms with Crippen LogP contribution in [0, 0.1) is 0 Å². The normalized spacial score (nSPS) is 23.5. The van der Waals surface area contributed by atoms with E-state index in [0.717, 1.165) is 6.61 Å². The van der Waals surface area contributed by atoms with E-state index in [1.54, 1.807) is 7.11 Å². The molecule has 0 spiro atoms. The van der Waals surface area contributed by atoms with E-state index >= 15 is 0 Å². The quantitative estimate of drug-likeness (QED) is 0.671. The Balaban J connectivity index is 2.42. The lowest BCUT2D eigenvalue weighted by Gasteiger charge is -2.36. The number of hydrogen-bond donors (Lipinski definition) is 1. The van der Waals surface area contributed by atoms with Crippen LogP contribution in [-0.2, 0) is 4.74 Å². The summed E-state index contributed by atoms with van der Waals surface area (Å²) in [5, 5.41) is 3.39. The molecule has 0 radical (unpaired) electrons. The lowest BCUT2D eigenvalue weighted by molar-refractivity contribution is 0.0874. The molecular weight excluding hydrogens is 138 g/mol. The van der Waals surface area contributed by atoms with Crippen molar-refractivity contribution >= 4 is 0 Å². The Kier molecular flexibility index (Phi) is 3.34. The molecule has 1 saturated carbocycles. The van der Waals surface area contributed by atoms with Crippen LogP contribution in [0.1, 0.15) is 32.1 Å². The molecule has 0 saturated heterocycles. The molecule has 0 bridgehead atoms. The van der Waals surface area contributed by atoms with E-state index in [2.05, 4.69) is 5.32 Å². The highest BCUT2D eigenvalue weighted by molar-refractivity contribution is 4.89. The topological polar surface area (TPSA) is 21.3 Å². The van der Waals surface area contributed by atoms with Gasteiger partial charge in [0.05, 0.1) is 6.61 Å². The van der Waals surface area contributed by atoms with Crippen molar-refractivity contribution in [3.8, 4) is 0 Å². The van der Waals surface area contributed by atoms with Crippen molar-refractivity contribution in [2.24, 2.45) is 0 Å². The Labute approximate surface area is 69.3 Å². The highest BCUT2D eigenvalue weighted by Gasteiger charge is 2.29. The van der Waals surface area contributed by atoms with Crippen molar-refractivity contribution in [1.82, 2.24) is 5.32 Å². The predicted octanol–water partition coefficient (Wildman–Crippen LogP) is 1.56. The Bertz CT molecular complexity index is 103. The molecule has 0 atom stereocenters. The summed E-state index contributed by atoms with van der Waals surface area (Å²) >= 11 is 0. The summed E-state index contributed by atoms with van der Waals surface area (Å²) in [5.74, 6) is 0. The van der Waals surface area contributed by atoms with Crippen molar-refractivity contribution in [2.75, 3.05) is 20.8 Å². The molecule has 0 aliphatic heterocycles. The van der Waals surface area contributed by atoms with Crippen LogP contribution in [0.2, 0.25) is 0 Å². The van der Waals surface area contributed by atoms with E-state index < -0.39 is 0 Å². The fourth-order valence-corrected chi connectivity index (χ4v) is 1.97. The average Bonchev–Trinajstić information content (AvgIpc) is 2.07. The summed E-state index contributed by atoms with van der Waals surface area (Å²) in [4.78, 5) is 0. The van der Waals surface area contributed by atoms with Crippen LogP contribution in [0.3, 0.4) is 0 Å². The van der Waals surface area contributed by atoms with Crippen molar-refractivity contribution in [3.63, 3.8) is 0 Å². The molecule has 11 heavy (non-hydrogen) atoms. The van der Waals surface area contributed by atoms with Crippen LogP contribution < -0.4 is 5.32 Å². The maximum atomic E-state index is 5.21. The fourth-order valence-electron chi connectivity index (χ4n) is 1.97. The summed E-state index contributed by atoms with van der Waals surface area (Å²) < 4.78 is 5.21. The van der Waals surface area contributed by atoms with Crippen LogP contribution in [0.15, 0.2) is 0 Å². The smallest absolute Gasteiger partial charge is 0.0644 e. The molecular formula is C9H19NO. The molecule has 1 rings (SSSR count). The van der Waals surface area contributed by atoms with Gasteiger partial charge >= 0.3 is 0 Å². The van der Waals surface area contributed by atoms with Gasteiger partial charge in [0.15, 0.2) is 0 Å². The molecule has 1 aliphatic carbocycles. The molecule has 1 N–H and O–H groups in total. The lowest BCUT2D eigenvalue weighted by atomic mass is 9.82. The van der Waals surface area contributed by atoms with Crippen molar-refractivity contribution in [1.29, 1.82) is 0 Å². The minimum Gasteiger partial charge on any atom is -0.383 e. The van der Waals surface area contributed by atoms with Gasteiger partial charge in [0.25, 0.3) is 0 Å². The molecule has 1 fully saturated rings. The van der Waals surface area contributed by atoms with Gasteiger partial charge in [0, 0.05) is 12.6 Å². The van der Waals surface area contributed by atoms with Gasteiger partial charge in [-0.2, -0.15) is 0 Å². The first-order chi connectivity index (χ1) is 5.33. The molecule has 1 aliphatic rings. The van der Waals surface area contributed by atoms with Crippen molar-refractivity contribution < 1.29 is 4.74 Å². The Morgan fingerprint density at radius 3 is 2.36 bits per heavy atom. The van der Waals surface area contributed by atoms with Crippen molar-refractivity contribution in [3.05, 3.63) is 0 Å². The minimum absolute atomic E-state index is 0.299. The molecule has 0 heterocycles. The summed E-state index contributed by atoms with van der Waals surface area (Å²) in [5.41, 5.74) is 0.299. The SMILES string of the molecule is CNC1(COC)CCCCC1. The molecule has 0 aromatic heterocycles. The first kappa shape index (κ1) is 9.01. The minimum atomic E-state index is 0.299. The van der Waals surface area contributed by atoms with Gasteiger partial charge in [-0.15, -0.1) is 0 Å². The van der Waals surface area contributed by atoms with Crippen LogP contribution >= 0.6 is 0 Å². The van der Waals surface area contributed by atoms with Crippen molar-refractivity contribution in [2.45, 2.75) is 37.6 Å². The van der Waals surface area contributed by atoms with E-state index in [9.17, 15) is 0 Å². The first-order valence-electron chi connectivity index (χ1n) is 4.51. The lowest BCUT2D eigenvalue weighted by Crippen LogP contribution is -2.48. The summed E-state index contributed by atoms with van der Waals surface area (Å²) in [6.07, 6.45) is 6.65. The Morgan fingerprint density at radius 2 is 1.91 bits per heavy atom. The predicted molar refractivity (Wildman–Crippen MR) is 46.8 cm³/mol. The van der Waals surface area contributed by atoms with Gasteiger partial charge < -0.3 is 10.1 Å². The number of ether oxygens (including phenoxy) is 1. The third-order valence-electron chi connectivity index (χ3n) is 2.76. The Hall–Kier alpha value is -0.0800. The second-order valence-corrected chi connectivity index (χ2v) is 3.52. The van der Waals surface area contributed by atoms with E-state index in [4.69, 9.17) is 4.74 Å². The van der Waals surface area contributed by atoms with Gasteiger partial charge in [-0.25, -0.2) is 0 Å². The Morgan fingerprint density at radius 1 is 1.27 bits per heavy atom.